The molecule has 3 rings (SSSR count). The number of hydrogen-bond acceptors (Lipinski definition) is 4. The fourth-order valence-electron chi connectivity index (χ4n) is 2.22. The maximum Gasteiger partial charge on any atom is 0.135 e. The molecule has 1 heterocycles. The van der Waals surface area contributed by atoms with Crippen LogP contribution in [0.25, 0.3) is 0 Å². The van der Waals surface area contributed by atoms with Crippen LogP contribution in [-0.2, 0) is 6.42 Å². The highest BCUT2D eigenvalue weighted by Gasteiger charge is 2.00. The Morgan fingerprint density at radius 3 is 2.52 bits per heavy atom. The van der Waals surface area contributed by atoms with Crippen LogP contribution < -0.4 is 10.6 Å². The Bertz CT molecular complexity index is 762. The minimum absolute atomic E-state index is 0.761. The molecule has 0 fully saturated rings. The van der Waals surface area contributed by atoms with Crippen molar-refractivity contribution in [3.05, 3.63) is 77.6 Å². The summed E-state index contributed by atoms with van der Waals surface area (Å²) >= 11 is 5.99. The van der Waals surface area contributed by atoms with E-state index in [1.807, 2.05) is 54.6 Å². The predicted octanol–water partition coefficient (Wildman–Crippen LogP) is 4.53. The lowest BCUT2D eigenvalue weighted by Gasteiger charge is -2.09. The Labute approximate surface area is 140 Å². The van der Waals surface area contributed by atoms with Gasteiger partial charge in [0.2, 0.25) is 0 Å². The monoisotopic (exact) mass is 324 g/mol. The molecule has 4 nitrogen and oxygen atoms in total. The van der Waals surface area contributed by atoms with Crippen molar-refractivity contribution in [2.24, 2.45) is 0 Å². The van der Waals surface area contributed by atoms with Crippen molar-refractivity contribution in [1.82, 2.24) is 9.97 Å². The quantitative estimate of drug-likeness (QED) is 0.699. The van der Waals surface area contributed by atoms with Crippen LogP contribution in [0, 0.1) is 0 Å². The largest absolute Gasteiger partial charge is 0.370 e. The Balaban J connectivity index is 1.57. The minimum Gasteiger partial charge on any atom is -0.370 e. The molecule has 0 radical (unpaired) electrons. The summed E-state index contributed by atoms with van der Waals surface area (Å²) in [5.74, 6) is 1.55. The number of aromatic nitrogens is 2. The molecular formula is C18H17ClN4. The van der Waals surface area contributed by atoms with Gasteiger partial charge in [0.25, 0.3) is 0 Å². The molecule has 0 atom stereocenters. The summed E-state index contributed by atoms with van der Waals surface area (Å²) in [6.45, 7) is 0.780. The molecular weight excluding hydrogens is 308 g/mol. The van der Waals surface area contributed by atoms with Crippen molar-refractivity contribution in [2.45, 2.75) is 6.42 Å². The lowest BCUT2D eigenvalue weighted by Crippen LogP contribution is -2.07. The van der Waals surface area contributed by atoms with E-state index in [1.54, 1.807) is 6.33 Å². The Hall–Kier alpha value is -2.59. The summed E-state index contributed by atoms with van der Waals surface area (Å²) in [4.78, 5) is 8.47. The third-order valence-corrected chi connectivity index (χ3v) is 3.56. The standard InChI is InChI=1S/C18H17ClN4/c19-15-6-4-5-14(11-15)9-10-20-17-12-18(22-13-21-17)23-16-7-2-1-3-8-16/h1-8,11-13H,9-10H2,(H2,20,21,22,23). The molecule has 0 aliphatic rings. The average molecular weight is 325 g/mol. The van der Waals surface area contributed by atoms with Crippen LogP contribution >= 0.6 is 11.6 Å². The second kappa shape index (κ2) is 7.61. The molecule has 1 aromatic heterocycles. The van der Waals surface area contributed by atoms with E-state index in [0.717, 1.165) is 35.3 Å². The topological polar surface area (TPSA) is 49.8 Å². The van der Waals surface area contributed by atoms with E-state index in [0.29, 0.717) is 0 Å². The number of para-hydroxylation sites is 1. The summed E-state index contributed by atoms with van der Waals surface area (Å²) in [6, 6.07) is 19.7. The average Bonchev–Trinajstić information content (AvgIpc) is 2.56. The lowest BCUT2D eigenvalue weighted by molar-refractivity contribution is 1.000. The SMILES string of the molecule is Clc1cccc(CCNc2cc(Nc3ccccc3)ncn2)c1. The van der Waals surface area contributed by atoms with Gasteiger partial charge in [-0.2, -0.15) is 0 Å². The fraction of sp³-hybridized carbons (Fsp3) is 0.111. The second-order valence-electron chi connectivity index (χ2n) is 5.09. The molecule has 23 heavy (non-hydrogen) atoms. The number of anilines is 3. The smallest absolute Gasteiger partial charge is 0.135 e. The number of nitrogens with zero attached hydrogens (tertiary/aromatic N) is 2. The Morgan fingerprint density at radius 2 is 1.70 bits per heavy atom. The van der Waals surface area contributed by atoms with E-state index < -0.39 is 0 Å². The van der Waals surface area contributed by atoms with Gasteiger partial charge in [-0.3, -0.25) is 0 Å². The maximum absolute atomic E-state index is 5.99. The Kier molecular flexibility index (Phi) is 5.06. The van der Waals surface area contributed by atoms with Crippen molar-refractivity contribution in [3.8, 4) is 0 Å². The molecule has 0 bridgehead atoms. The van der Waals surface area contributed by atoms with E-state index in [-0.39, 0.29) is 0 Å². The molecule has 5 heteroatoms. The predicted molar refractivity (Wildman–Crippen MR) is 95.4 cm³/mol. The normalized spacial score (nSPS) is 10.3. The molecule has 0 aliphatic heterocycles. The highest BCUT2D eigenvalue weighted by molar-refractivity contribution is 6.30. The van der Waals surface area contributed by atoms with Gasteiger partial charge < -0.3 is 10.6 Å². The van der Waals surface area contributed by atoms with Gasteiger partial charge in [0.1, 0.15) is 18.0 Å². The van der Waals surface area contributed by atoms with Crippen molar-refractivity contribution in [2.75, 3.05) is 17.2 Å². The van der Waals surface area contributed by atoms with E-state index in [1.165, 1.54) is 5.56 Å². The molecule has 2 aromatic carbocycles. The van der Waals surface area contributed by atoms with Crippen molar-refractivity contribution >= 4 is 28.9 Å². The Morgan fingerprint density at radius 1 is 0.870 bits per heavy atom. The van der Waals surface area contributed by atoms with Gasteiger partial charge in [0.15, 0.2) is 0 Å². The number of benzene rings is 2. The summed E-state index contributed by atoms with van der Waals surface area (Å²) in [5, 5.41) is 7.32. The molecule has 0 spiro atoms. The van der Waals surface area contributed by atoms with Crippen LogP contribution in [0.4, 0.5) is 17.3 Å². The first-order valence-electron chi connectivity index (χ1n) is 7.42. The highest BCUT2D eigenvalue weighted by atomic mass is 35.5. The minimum atomic E-state index is 0.761. The van der Waals surface area contributed by atoms with Crippen molar-refractivity contribution in [1.29, 1.82) is 0 Å². The van der Waals surface area contributed by atoms with E-state index in [2.05, 4.69) is 26.7 Å². The molecule has 0 saturated carbocycles. The van der Waals surface area contributed by atoms with Gasteiger partial charge in [-0.15, -0.1) is 0 Å². The third kappa shape index (κ3) is 4.69. The molecule has 116 valence electrons. The maximum atomic E-state index is 5.99. The van der Waals surface area contributed by atoms with Gasteiger partial charge >= 0.3 is 0 Å². The summed E-state index contributed by atoms with van der Waals surface area (Å²) in [7, 11) is 0. The summed E-state index contributed by atoms with van der Waals surface area (Å²) in [6.07, 6.45) is 2.43. The van der Waals surface area contributed by atoms with E-state index in [4.69, 9.17) is 11.6 Å². The molecule has 3 aromatic rings. The fourth-order valence-corrected chi connectivity index (χ4v) is 2.43. The van der Waals surface area contributed by atoms with E-state index in [9.17, 15) is 0 Å². The van der Waals surface area contributed by atoms with Crippen LogP contribution in [0.2, 0.25) is 5.02 Å². The van der Waals surface area contributed by atoms with Crippen LogP contribution in [0.15, 0.2) is 67.0 Å². The lowest BCUT2D eigenvalue weighted by atomic mass is 10.1. The summed E-state index contributed by atoms with van der Waals surface area (Å²) < 4.78 is 0. The molecule has 0 amide bonds. The molecule has 2 N–H and O–H groups in total. The molecule has 0 unspecified atom stereocenters. The molecule has 0 saturated heterocycles. The van der Waals surface area contributed by atoms with Crippen LogP contribution in [0.1, 0.15) is 5.56 Å². The zero-order valence-electron chi connectivity index (χ0n) is 12.5. The second-order valence-corrected chi connectivity index (χ2v) is 5.52. The van der Waals surface area contributed by atoms with Gasteiger partial charge in [0, 0.05) is 23.3 Å². The van der Waals surface area contributed by atoms with Crippen molar-refractivity contribution in [3.63, 3.8) is 0 Å². The third-order valence-electron chi connectivity index (χ3n) is 3.32. The highest BCUT2D eigenvalue weighted by Crippen LogP contribution is 2.16. The number of rotatable bonds is 6. The van der Waals surface area contributed by atoms with Crippen molar-refractivity contribution < 1.29 is 0 Å². The van der Waals surface area contributed by atoms with E-state index >= 15 is 0 Å². The summed E-state index contributed by atoms with van der Waals surface area (Å²) in [5.41, 5.74) is 2.19. The van der Waals surface area contributed by atoms with Crippen LogP contribution in [0.5, 0.6) is 0 Å². The van der Waals surface area contributed by atoms with Crippen LogP contribution in [0.3, 0.4) is 0 Å². The number of hydrogen-bond donors (Lipinski definition) is 2. The number of halogens is 1. The first kappa shape index (κ1) is 15.3. The van der Waals surface area contributed by atoms with Gasteiger partial charge in [0.05, 0.1) is 0 Å². The molecule has 0 aliphatic carbocycles. The zero-order valence-corrected chi connectivity index (χ0v) is 13.3. The first-order chi connectivity index (χ1) is 11.3. The zero-order chi connectivity index (χ0) is 15.9. The van der Waals surface area contributed by atoms with Crippen LogP contribution in [-0.4, -0.2) is 16.5 Å². The number of nitrogens with one attached hydrogen (secondary N) is 2. The van der Waals surface area contributed by atoms with Gasteiger partial charge in [-0.05, 0) is 36.2 Å². The first-order valence-corrected chi connectivity index (χ1v) is 7.80. The van der Waals surface area contributed by atoms with Gasteiger partial charge in [-0.1, -0.05) is 41.9 Å². The van der Waals surface area contributed by atoms with Gasteiger partial charge in [-0.25, -0.2) is 9.97 Å².